The predicted octanol–water partition coefficient (Wildman–Crippen LogP) is 3.64. The van der Waals surface area contributed by atoms with E-state index < -0.39 is 6.10 Å². The maximum Gasteiger partial charge on any atom is 0.265 e. The molecule has 1 atom stereocenters. The summed E-state index contributed by atoms with van der Waals surface area (Å²) in [5.41, 5.74) is 1.72. The third kappa shape index (κ3) is 4.99. The molecule has 2 aromatic rings. The summed E-state index contributed by atoms with van der Waals surface area (Å²) in [6, 6.07) is 14.8. The Morgan fingerprint density at radius 1 is 1.08 bits per heavy atom. The fourth-order valence-corrected chi connectivity index (χ4v) is 2.29. The van der Waals surface area contributed by atoms with Gasteiger partial charge in [0.05, 0.1) is 13.7 Å². The zero-order valence-corrected chi connectivity index (χ0v) is 14.2. The first-order valence-corrected chi connectivity index (χ1v) is 7.85. The Hall–Kier alpha value is -2.53. The molecule has 5 nitrogen and oxygen atoms in total. The molecule has 0 aliphatic rings. The number of rotatable bonds is 8. The zero-order chi connectivity index (χ0) is 17.4. The largest absolute Gasteiger partial charge is 0.497 e. The molecule has 0 saturated carbocycles. The van der Waals surface area contributed by atoms with Crippen LogP contribution in [0.25, 0.3) is 0 Å². The van der Waals surface area contributed by atoms with Gasteiger partial charge in [0.1, 0.15) is 11.5 Å². The third-order valence-electron chi connectivity index (χ3n) is 3.49. The molecule has 0 saturated heterocycles. The molecule has 2 aromatic carbocycles. The van der Waals surface area contributed by atoms with Gasteiger partial charge in [0, 0.05) is 18.9 Å². The fraction of sp³-hybridized carbons (Fsp3) is 0.316. The number of benzene rings is 2. The van der Waals surface area contributed by atoms with Crippen LogP contribution >= 0.6 is 0 Å². The minimum absolute atomic E-state index is 0.185. The van der Waals surface area contributed by atoms with Crippen molar-refractivity contribution in [3.05, 3.63) is 54.1 Å². The summed E-state index contributed by atoms with van der Waals surface area (Å²) >= 11 is 0. The topological polar surface area (TPSA) is 56.8 Å². The number of methoxy groups -OCH3 is 2. The number of amides is 1. The molecular formula is C19H23NO4. The zero-order valence-electron chi connectivity index (χ0n) is 14.2. The summed E-state index contributed by atoms with van der Waals surface area (Å²) in [4.78, 5) is 12.5. The van der Waals surface area contributed by atoms with Gasteiger partial charge >= 0.3 is 0 Å². The van der Waals surface area contributed by atoms with E-state index in [0.29, 0.717) is 24.5 Å². The van der Waals surface area contributed by atoms with Gasteiger partial charge in [-0.15, -0.1) is 0 Å². The summed E-state index contributed by atoms with van der Waals surface area (Å²) in [6.07, 6.45) is -0.0240. The first-order valence-electron chi connectivity index (χ1n) is 7.85. The van der Waals surface area contributed by atoms with E-state index in [0.717, 1.165) is 11.3 Å². The maximum atomic E-state index is 12.5. The van der Waals surface area contributed by atoms with Gasteiger partial charge < -0.3 is 19.5 Å². The first kappa shape index (κ1) is 17.8. The van der Waals surface area contributed by atoms with Crippen molar-refractivity contribution in [1.82, 2.24) is 0 Å². The Labute approximate surface area is 142 Å². The van der Waals surface area contributed by atoms with Crippen molar-refractivity contribution in [2.45, 2.75) is 26.1 Å². The highest BCUT2D eigenvalue weighted by Crippen LogP contribution is 2.21. The molecule has 0 fully saturated rings. The third-order valence-corrected chi connectivity index (χ3v) is 3.49. The van der Waals surface area contributed by atoms with E-state index in [-0.39, 0.29) is 5.91 Å². The van der Waals surface area contributed by atoms with Crippen molar-refractivity contribution in [2.75, 3.05) is 19.5 Å². The summed E-state index contributed by atoms with van der Waals surface area (Å²) in [6.45, 7) is 2.41. The van der Waals surface area contributed by atoms with Gasteiger partial charge in [0.15, 0.2) is 6.10 Å². The van der Waals surface area contributed by atoms with Crippen LogP contribution in [0.15, 0.2) is 48.5 Å². The van der Waals surface area contributed by atoms with Gasteiger partial charge in [-0.05, 0) is 36.2 Å². The van der Waals surface area contributed by atoms with Crippen LogP contribution in [-0.2, 0) is 16.1 Å². The Morgan fingerprint density at radius 3 is 2.54 bits per heavy atom. The lowest BCUT2D eigenvalue weighted by atomic mass is 10.2. The summed E-state index contributed by atoms with van der Waals surface area (Å²) in [5.74, 6) is 1.11. The maximum absolute atomic E-state index is 12.5. The monoisotopic (exact) mass is 329 g/mol. The van der Waals surface area contributed by atoms with Crippen LogP contribution in [0.5, 0.6) is 11.5 Å². The molecule has 0 heterocycles. The lowest BCUT2D eigenvalue weighted by Crippen LogP contribution is -2.32. The molecule has 128 valence electrons. The summed E-state index contributed by atoms with van der Waals surface area (Å²) < 4.78 is 16.1. The first-order chi connectivity index (χ1) is 11.7. The molecule has 1 amide bonds. The molecule has 0 radical (unpaired) electrons. The van der Waals surface area contributed by atoms with Crippen molar-refractivity contribution in [1.29, 1.82) is 0 Å². The fourth-order valence-electron chi connectivity index (χ4n) is 2.29. The number of carbonyl (C=O) groups excluding carboxylic acids is 1. The van der Waals surface area contributed by atoms with E-state index in [1.807, 2.05) is 43.3 Å². The predicted molar refractivity (Wildman–Crippen MR) is 93.5 cm³/mol. The summed E-state index contributed by atoms with van der Waals surface area (Å²) in [5, 5.41) is 2.89. The SMILES string of the molecule is CC[C@@H](Oc1cccc(OC)c1)C(=O)Nc1cccc(COC)c1. The number of carbonyl (C=O) groups is 1. The van der Waals surface area contributed by atoms with Crippen LogP contribution in [0.4, 0.5) is 5.69 Å². The molecule has 2 rings (SSSR count). The molecule has 0 bridgehead atoms. The molecule has 0 unspecified atom stereocenters. The standard InChI is InChI=1S/C19H23NO4/c1-4-18(24-17-10-6-9-16(12-17)23-3)19(21)20-15-8-5-7-14(11-15)13-22-2/h5-12,18H,4,13H2,1-3H3,(H,20,21)/t18-/m1/s1. The minimum Gasteiger partial charge on any atom is -0.497 e. The Kier molecular flexibility index (Phi) is 6.63. The average molecular weight is 329 g/mol. The molecule has 1 N–H and O–H groups in total. The van der Waals surface area contributed by atoms with Gasteiger partial charge in [-0.2, -0.15) is 0 Å². The molecular weight excluding hydrogens is 306 g/mol. The Morgan fingerprint density at radius 2 is 1.83 bits per heavy atom. The lowest BCUT2D eigenvalue weighted by molar-refractivity contribution is -0.122. The molecule has 0 aliphatic carbocycles. The second-order valence-corrected chi connectivity index (χ2v) is 5.32. The van der Waals surface area contributed by atoms with E-state index in [1.54, 1.807) is 26.4 Å². The lowest BCUT2D eigenvalue weighted by Gasteiger charge is -2.18. The quantitative estimate of drug-likeness (QED) is 0.803. The molecule has 0 aliphatic heterocycles. The van der Waals surface area contributed by atoms with Crippen molar-refractivity contribution >= 4 is 11.6 Å². The van der Waals surface area contributed by atoms with Gasteiger partial charge in [-0.25, -0.2) is 0 Å². The van der Waals surface area contributed by atoms with E-state index in [2.05, 4.69) is 5.32 Å². The molecule has 24 heavy (non-hydrogen) atoms. The highest BCUT2D eigenvalue weighted by molar-refractivity contribution is 5.94. The van der Waals surface area contributed by atoms with Crippen molar-refractivity contribution in [3.8, 4) is 11.5 Å². The second kappa shape index (κ2) is 8.93. The molecule has 5 heteroatoms. The van der Waals surface area contributed by atoms with Crippen molar-refractivity contribution in [3.63, 3.8) is 0 Å². The number of anilines is 1. The number of nitrogens with one attached hydrogen (secondary N) is 1. The van der Waals surface area contributed by atoms with E-state index in [1.165, 1.54) is 0 Å². The molecule has 0 spiro atoms. The summed E-state index contributed by atoms with van der Waals surface area (Å²) in [7, 11) is 3.23. The Bertz CT molecular complexity index is 672. The highest BCUT2D eigenvalue weighted by Gasteiger charge is 2.19. The van der Waals surface area contributed by atoms with Crippen LogP contribution in [0.3, 0.4) is 0 Å². The van der Waals surface area contributed by atoms with Crippen molar-refractivity contribution in [2.24, 2.45) is 0 Å². The Balaban J connectivity index is 2.04. The van der Waals surface area contributed by atoms with Gasteiger partial charge in [0.2, 0.25) is 0 Å². The second-order valence-electron chi connectivity index (χ2n) is 5.32. The van der Waals surface area contributed by atoms with Crippen LogP contribution in [0.2, 0.25) is 0 Å². The number of hydrogen-bond donors (Lipinski definition) is 1. The van der Waals surface area contributed by atoms with Gasteiger partial charge in [-0.3, -0.25) is 4.79 Å². The number of ether oxygens (including phenoxy) is 3. The highest BCUT2D eigenvalue weighted by atomic mass is 16.5. The number of hydrogen-bond acceptors (Lipinski definition) is 4. The van der Waals surface area contributed by atoms with Crippen LogP contribution in [0.1, 0.15) is 18.9 Å². The van der Waals surface area contributed by atoms with Gasteiger partial charge in [0.25, 0.3) is 5.91 Å². The van der Waals surface area contributed by atoms with Crippen LogP contribution in [-0.4, -0.2) is 26.2 Å². The van der Waals surface area contributed by atoms with Crippen molar-refractivity contribution < 1.29 is 19.0 Å². The van der Waals surface area contributed by atoms with E-state index in [4.69, 9.17) is 14.2 Å². The smallest absolute Gasteiger partial charge is 0.265 e. The van der Waals surface area contributed by atoms with Crippen LogP contribution in [0, 0.1) is 0 Å². The minimum atomic E-state index is -0.580. The van der Waals surface area contributed by atoms with Crippen LogP contribution < -0.4 is 14.8 Å². The van der Waals surface area contributed by atoms with E-state index >= 15 is 0 Å². The molecule has 0 aromatic heterocycles. The van der Waals surface area contributed by atoms with E-state index in [9.17, 15) is 4.79 Å². The normalized spacial score (nSPS) is 11.6. The average Bonchev–Trinajstić information content (AvgIpc) is 2.60. The van der Waals surface area contributed by atoms with Gasteiger partial charge in [-0.1, -0.05) is 25.1 Å².